The van der Waals surface area contributed by atoms with E-state index >= 15 is 0 Å². The summed E-state index contributed by atoms with van der Waals surface area (Å²) < 4.78 is 0. The summed E-state index contributed by atoms with van der Waals surface area (Å²) in [6, 6.07) is 0. The molecule has 0 atom stereocenters. The highest BCUT2D eigenvalue weighted by Crippen LogP contribution is 2.21. The van der Waals surface area contributed by atoms with Crippen molar-refractivity contribution >= 4 is 5.91 Å². The number of hydrogen-bond acceptors (Lipinski definition) is 3. The number of piperazine rings is 1. The molecule has 1 heterocycles. The van der Waals surface area contributed by atoms with Gasteiger partial charge in [0.1, 0.15) is 0 Å². The molecule has 0 saturated carbocycles. The van der Waals surface area contributed by atoms with E-state index in [1.54, 1.807) is 0 Å². The van der Waals surface area contributed by atoms with Gasteiger partial charge >= 0.3 is 0 Å². The highest BCUT2D eigenvalue weighted by atomic mass is 16.1. The van der Waals surface area contributed by atoms with Gasteiger partial charge in [0.05, 0.1) is 0 Å². The van der Waals surface area contributed by atoms with Gasteiger partial charge in [-0.15, -0.1) is 0 Å². The van der Waals surface area contributed by atoms with Gasteiger partial charge in [-0.3, -0.25) is 9.69 Å². The smallest absolute Gasteiger partial charge is 0.221 e. The predicted octanol–water partition coefficient (Wildman–Crippen LogP) is 1.61. The Bertz CT molecular complexity index is 294. The Morgan fingerprint density at radius 2 is 1.79 bits per heavy atom. The monoisotopic (exact) mass is 269 g/mol. The van der Waals surface area contributed by atoms with Gasteiger partial charge in [0.2, 0.25) is 5.91 Å². The van der Waals surface area contributed by atoms with E-state index in [0.717, 1.165) is 39.1 Å². The summed E-state index contributed by atoms with van der Waals surface area (Å²) >= 11 is 0. The maximum atomic E-state index is 12.1. The SMILES string of the molecule is CCC(C)(C)CNC(=O)CC(C)(C)N1CCNCC1. The molecule has 1 fully saturated rings. The lowest BCUT2D eigenvalue weighted by molar-refractivity contribution is -0.124. The van der Waals surface area contributed by atoms with Gasteiger partial charge in [0, 0.05) is 44.7 Å². The van der Waals surface area contributed by atoms with Crippen LogP contribution in [0.4, 0.5) is 0 Å². The van der Waals surface area contributed by atoms with Gasteiger partial charge in [-0.05, 0) is 25.7 Å². The summed E-state index contributed by atoms with van der Waals surface area (Å²) in [6.45, 7) is 15.7. The third-order valence-corrected chi connectivity index (χ3v) is 4.29. The highest BCUT2D eigenvalue weighted by Gasteiger charge is 2.30. The molecule has 1 saturated heterocycles. The number of nitrogens with zero attached hydrogens (tertiary/aromatic N) is 1. The molecule has 112 valence electrons. The van der Waals surface area contributed by atoms with Gasteiger partial charge < -0.3 is 10.6 Å². The van der Waals surface area contributed by atoms with Crippen molar-refractivity contribution in [2.75, 3.05) is 32.7 Å². The van der Waals surface area contributed by atoms with Crippen LogP contribution < -0.4 is 10.6 Å². The molecule has 0 spiro atoms. The van der Waals surface area contributed by atoms with E-state index in [9.17, 15) is 4.79 Å². The van der Waals surface area contributed by atoms with Crippen LogP contribution in [0.25, 0.3) is 0 Å². The number of carbonyl (C=O) groups is 1. The van der Waals surface area contributed by atoms with E-state index in [1.807, 2.05) is 0 Å². The van der Waals surface area contributed by atoms with Gasteiger partial charge in [0.15, 0.2) is 0 Å². The van der Waals surface area contributed by atoms with Gasteiger partial charge in [-0.2, -0.15) is 0 Å². The first-order valence-electron chi connectivity index (χ1n) is 7.49. The molecule has 0 aromatic heterocycles. The molecule has 4 nitrogen and oxygen atoms in total. The molecular formula is C15H31N3O. The summed E-state index contributed by atoms with van der Waals surface area (Å²) in [4.78, 5) is 14.5. The first-order valence-corrected chi connectivity index (χ1v) is 7.49. The summed E-state index contributed by atoms with van der Waals surface area (Å²) in [5, 5.41) is 6.44. The lowest BCUT2D eigenvalue weighted by atomic mass is 9.90. The molecule has 0 bridgehead atoms. The molecule has 19 heavy (non-hydrogen) atoms. The van der Waals surface area contributed by atoms with Crippen LogP contribution in [0, 0.1) is 5.41 Å². The summed E-state index contributed by atoms with van der Waals surface area (Å²) in [5.41, 5.74) is 0.136. The van der Waals surface area contributed by atoms with Crippen LogP contribution >= 0.6 is 0 Å². The molecule has 1 aliphatic rings. The van der Waals surface area contributed by atoms with Crippen molar-refractivity contribution < 1.29 is 4.79 Å². The first kappa shape index (κ1) is 16.4. The molecule has 1 rings (SSSR count). The van der Waals surface area contributed by atoms with Crippen LogP contribution in [0.3, 0.4) is 0 Å². The van der Waals surface area contributed by atoms with Crippen molar-refractivity contribution in [2.24, 2.45) is 5.41 Å². The molecule has 1 amide bonds. The first-order chi connectivity index (χ1) is 8.77. The number of hydrogen-bond donors (Lipinski definition) is 2. The van der Waals surface area contributed by atoms with E-state index in [-0.39, 0.29) is 16.9 Å². The Hall–Kier alpha value is -0.610. The molecule has 4 heteroatoms. The van der Waals surface area contributed by atoms with E-state index in [4.69, 9.17) is 0 Å². The number of carbonyl (C=O) groups excluding carboxylic acids is 1. The second-order valence-electron chi connectivity index (χ2n) is 7.02. The topological polar surface area (TPSA) is 44.4 Å². The van der Waals surface area contributed by atoms with E-state index in [0.29, 0.717) is 6.42 Å². The van der Waals surface area contributed by atoms with Gasteiger partial charge in [0.25, 0.3) is 0 Å². The number of amides is 1. The third kappa shape index (κ3) is 5.49. The number of nitrogens with one attached hydrogen (secondary N) is 2. The maximum Gasteiger partial charge on any atom is 0.221 e. The molecular weight excluding hydrogens is 238 g/mol. The van der Waals surface area contributed by atoms with Crippen molar-refractivity contribution in [1.29, 1.82) is 0 Å². The summed E-state index contributed by atoms with van der Waals surface area (Å²) in [7, 11) is 0. The Morgan fingerprint density at radius 1 is 1.21 bits per heavy atom. The van der Waals surface area contributed by atoms with Crippen LogP contribution in [0.5, 0.6) is 0 Å². The molecule has 1 aliphatic heterocycles. The average Bonchev–Trinajstić information content (AvgIpc) is 2.37. The zero-order valence-corrected chi connectivity index (χ0v) is 13.3. The minimum Gasteiger partial charge on any atom is -0.356 e. The van der Waals surface area contributed by atoms with Crippen molar-refractivity contribution in [1.82, 2.24) is 15.5 Å². The van der Waals surface area contributed by atoms with E-state index in [1.165, 1.54) is 0 Å². The Balaban J connectivity index is 2.41. The van der Waals surface area contributed by atoms with Crippen molar-refractivity contribution in [3.05, 3.63) is 0 Å². The van der Waals surface area contributed by atoms with Gasteiger partial charge in [-0.25, -0.2) is 0 Å². The lowest BCUT2D eigenvalue weighted by Crippen LogP contribution is -2.55. The van der Waals surface area contributed by atoms with Crippen molar-refractivity contribution in [2.45, 2.75) is 53.0 Å². The Labute approximate surface area is 118 Å². The molecule has 0 aromatic carbocycles. The van der Waals surface area contributed by atoms with E-state index < -0.39 is 0 Å². The molecule has 0 radical (unpaired) electrons. The number of rotatable bonds is 6. The zero-order valence-electron chi connectivity index (χ0n) is 13.3. The van der Waals surface area contributed by atoms with Crippen molar-refractivity contribution in [3.8, 4) is 0 Å². The van der Waals surface area contributed by atoms with Crippen LogP contribution in [-0.4, -0.2) is 49.1 Å². The zero-order chi connectivity index (χ0) is 14.5. The van der Waals surface area contributed by atoms with Gasteiger partial charge in [-0.1, -0.05) is 20.8 Å². The second kappa shape index (κ2) is 6.71. The lowest BCUT2D eigenvalue weighted by Gasteiger charge is -2.41. The summed E-state index contributed by atoms with van der Waals surface area (Å²) in [5.74, 6) is 0.171. The largest absolute Gasteiger partial charge is 0.356 e. The predicted molar refractivity (Wildman–Crippen MR) is 80.2 cm³/mol. The molecule has 2 N–H and O–H groups in total. The van der Waals surface area contributed by atoms with Crippen LogP contribution in [0.2, 0.25) is 0 Å². The Kier molecular flexibility index (Phi) is 5.81. The fourth-order valence-electron chi connectivity index (χ4n) is 2.30. The minimum atomic E-state index is -0.0530. The fourth-order valence-corrected chi connectivity index (χ4v) is 2.30. The highest BCUT2D eigenvalue weighted by molar-refractivity contribution is 5.77. The average molecular weight is 269 g/mol. The quantitative estimate of drug-likeness (QED) is 0.770. The third-order valence-electron chi connectivity index (χ3n) is 4.29. The Morgan fingerprint density at radius 3 is 2.32 bits per heavy atom. The maximum absolute atomic E-state index is 12.1. The van der Waals surface area contributed by atoms with Crippen molar-refractivity contribution in [3.63, 3.8) is 0 Å². The standard InChI is InChI=1S/C15H31N3O/c1-6-14(2,3)12-17-13(19)11-15(4,5)18-9-7-16-8-10-18/h16H,6-12H2,1-5H3,(H,17,19). The van der Waals surface area contributed by atoms with Crippen LogP contribution in [-0.2, 0) is 4.79 Å². The van der Waals surface area contributed by atoms with E-state index in [2.05, 4.69) is 50.2 Å². The van der Waals surface area contributed by atoms with Crippen LogP contribution in [0.1, 0.15) is 47.5 Å². The van der Waals surface area contributed by atoms with Crippen LogP contribution in [0.15, 0.2) is 0 Å². The molecule has 0 unspecified atom stereocenters. The molecule has 0 aliphatic carbocycles. The normalized spacial score (nSPS) is 18.4. The fraction of sp³-hybridized carbons (Fsp3) is 0.933. The second-order valence-corrected chi connectivity index (χ2v) is 7.02. The molecule has 0 aromatic rings. The minimum absolute atomic E-state index is 0.0530. The summed E-state index contributed by atoms with van der Waals surface area (Å²) in [6.07, 6.45) is 1.65.